The van der Waals surface area contributed by atoms with Crippen LogP contribution in [0.25, 0.3) is 4.98 Å². The van der Waals surface area contributed by atoms with E-state index in [1.807, 2.05) is 11.5 Å². The SMILES string of the molecule is F[B-](F)(F)F.N#CSc1ccc([N+]#N)c(C#N)c1. The second-order valence-corrected chi connectivity index (χ2v) is 3.44. The summed E-state index contributed by atoms with van der Waals surface area (Å²) < 4.78 is 39.0. The Hall–Kier alpha value is -2.25. The van der Waals surface area contributed by atoms with Crippen molar-refractivity contribution in [3.8, 4) is 11.5 Å². The van der Waals surface area contributed by atoms with Gasteiger partial charge in [-0.2, -0.15) is 10.5 Å². The summed E-state index contributed by atoms with van der Waals surface area (Å²) in [6.07, 6.45) is 0. The summed E-state index contributed by atoms with van der Waals surface area (Å²) in [6, 6.07) is 6.47. The van der Waals surface area contributed by atoms with Crippen LogP contribution in [-0.4, -0.2) is 7.25 Å². The zero-order valence-electron chi connectivity index (χ0n) is 8.52. The molecule has 1 aromatic carbocycles. The molecule has 0 aliphatic rings. The number of rotatable bonds is 1. The highest BCUT2D eigenvalue weighted by atomic mass is 32.2. The summed E-state index contributed by atoms with van der Waals surface area (Å²) in [5.41, 5.74) is 0.465. The minimum atomic E-state index is -6.00. The molecule has 0 unspecified atom stereocenters. The summed E-state index contributed by atoms with van der Waals surface area (Å²) in [5, 5.41) is 27.4. The van der Waals surface area contributed by atoms with Crippen molar-refractivity contribution in [2.45, 2.75) is 4.90 Å². The Balaban J connectivity index is 0.000000494. The van der Waals surface area contributed by atoms with E-state index in [-0.39, 0.29) is 11.3 Å². The fourth-order valence-corrected chi connectivity index (χ4v) is 1.23. The number of nitrogens with zero attached hydrogens (tertiary/aromatic N) is 4. The van der Waals surface area contributed by atoms with Gasteiger partial charge in [-0.15, -0.1) is 0 Å². The number of benzene rings is 1. The largest absolute Gasteiger partial charge is 0.673 e. The van der Waals surface area contributed by atoms with E-state index in [9.17, 15) is 17.3 Å². The highest BCUT2D eigenvalue weighted by molar-refractivity contribution is 8.03. The van der Waals surface area contributed by atoms with Crippen molar-refractivity contribution in [3.63, 3.8) is 0 Å². The molecule has 10 heteroatoms. The summed E-state index contributed by atoms with van der Waals surface area (Å²) in [5.74, 6) is 0. The van der Waals surface area contributed by atoms with Crippen LogP contribution in [0, 0.1) is 27.4 Å². The molecule has 18 heavy (non-hydrogen) atoms. The fraction of sp³-hybridized carbons (Fsp3) is 0. The van der Waals surface area contributed by atoms with E-state index >= 15 is 0 Å². The highest BCUT2D eigenvalue weighted by Gasteiger charge is 2.20. The van der Waals surface area contributed by atoms with Crippen LogP contribution in [0.4, 0.5) is 23.0 Å². The van der Waals surface area contributed by atoms with Gasteiger partial charge in [0.2, 0.25) is 5.39 Å². The molecule has 0 spiro atoms. The van der Waals surface area contributed by atoms with Crippen molar-refractivity contribution in [2.75, 3.05) is 0 Å². The maximum atomic E-state index is 9.75. The molecule has 1 aromatic rings. The first-order chi connectivity index (χ1) is 8.31. The molecule has 0 aromatic heterocycles. The molecule has 4 nitrogen and oxygen atoms in total. The topological polar surface area (TPSA) is 75.7 Å². The van der Waals surface area contributed by atoms with Crippen LogP contribution in [0.1, 0.15) is 5.56 Å². The summed E-state index contributed by atoms with van der Waals surface area (Å²) in [6.45, 7) is 0. The minimum Gasteiger partial charge on any atom is -0.418 e. The van der Waals surface area contributed by atoms with Crippen LogP contribution in [0.3, 0.4) is 0 Å². The Labute approximate surface area is 104 Å². The smallest absolute Gasteiger partial charge is 0.418 e. The van der Waals surface area contributed by atoms with Gasteiger partial charge >= 0.3 is 12.9 Å². The molecule has 0 amide bonds. The van der Waals surface area contributed by atoms with Crippen LogP contribution in [0.2, 0.25) is 0 Å². The summed E-state index contributed by atoms with van der Waals surface area (Å²) >= 11 is 0.955. The summed E-state index contributed by atoms with van der Waals surface area (Å²) in [7, 11) is -6.00. The maximum absolute atomic E-state index is 9.75. The number of hydrogen-bond acceptors (Lipinski definition) is 4. The van der Waals surface area contributed by atoms with E-state index < -0.39 is 7.25 Å². The van der Waals surface area contributed by atoms with Gasteiger partial charge in [0.25, 0.3) is 0 Å². The van der Waals surface area contributed by atoms with Crippen molar-refractivity contribution in [3.05, 3.63) is 28.7 Å². The molecule has 0 saturated carbocycles. The van der Waals surface area contributed by atoms with Gasteiger partial charge in [-0.3, -0.25) is 0 Å². The third kappa shape index (κ3) is 7.10. The molecule has 1 rings (SSSR count). The van der Waals surface area contributed by atoms with Crippen molar-refractivity contribution < 1.29 is 17.3 Å². The van der Waals surface area contributed by atoms with Crippen LogP contribution in [0.5, 0.6) is 0 Å². The van der Waals surface area contributed by atoms with Gasteiger partial charge in [0.1, 0.15) is 17.0 Å². The van der Waals surface area contributed by atoms with Gasteiger partial charge in [0.05, 0.1) is 0 Å². The molecule has 0 saturated heterocycles. The van der Waals surface area contributed by atoms with Crippen LogP contribution >= 0.6 is 11.8 Å². The number of thiocyanates is 1. The second-order valence-electron chi connectivity index (χ2n) is 2.58. The third-order valence-electron chi connectivity index (χ3n) is 1.36. The molecular formula is C8H3BF4N4S. The average molecular weight is 274 g/mol. The Bertz CT molecular complexity index is 534. The van der Waals surface area contributed by atoms with Gasteiger partial charge in [0.15, 0.2) is 4.98 Å². The lowest BCUT2D eigenvalue weighted by Crippen LogP contribution is -2.02. The van der Waals surface area contributed by atoms with E-state index in [0.717, 1.165) is 11.8 Å². The monoisotopic (exact) mass is 274 g/mol. The van der Waals surface area contributed by atoms with Gasteiger partial charge < -0.3 is 17.3 Å². The number of diazo groups is 1. The Morgan fingerprint density at radius 1 is 1.17 bits per heavy atom. The predicted octanol–water partition coefficient (Wildman–Crippen LogP) is 3.92. The third-order valence-corrected chi connectivity index (χ3v) is 1.94. The normalized spacial score (nSPS) is 9.17. The van der Waals surface area contributed by atoms with Crippen molar-refractivity contribution in [1.82, 2.24) is 0 Å². The fourth-order valence-electron chi connectivity index (χ4n) is 0.808. The standard InChI is InChI=1S/C8H3N4S.BF4/c9-4-6-3-7(13-5-10)1-2-8(6)12-11;2-1(3,4)5/h1-3H;/q+1;-1. The number of nitriles is 2. The first kappa shape index (κ1) is 15.8. The van der Waals surface area contributed by atoms with Gasteiger partial charge in [-0.05, 0) is 23.9 Å². The highest BCUT2D eigenvalue weighted by Crippen LogP contribution is 2.25. The Kier molecular flexibility index (Phi) is 6.26. The van der Waals surface area contributed by atoms with E-state index in [0.29, 0.717) is 4.90 Å². The lowest BCUT2D eigenvalue weighted by atomic mass is 10.2. The van der Waals surface area contributed by atoms with Gasteiger partial charge in [-0.1, -0.05) is 0 Å². The van der Waals surface area contributed by atoms with E-state index in [1.165, 1.54) is 12.1 Å². The zero-order valence-corrected chi connectivity index (χ0v) is 9.33. The molecule has 0 fully saturated rings. The molecule has 0 atom stereocenters. The molecule has 0 aliphatic heterocycles. The molecule has 0 aliphatic carbocycles. The average Bonchev–Trinajstić information content (AvgIpc) is 2.27. The first-order valence-electron chi connectivity index (χ1n) is 4.14. The van der Waals surface area contributed by atoms with Crippen LogP contribution < -0.4 is 0 Å². The number of thioether (sulfide) groups is 1. The number of hydrogen-bond donors (Lipinski definition) is 0. The van der Waals surface area contributed by atoms with Crippen molar-refractivity contribution in [2.24, 2.45) is 0 Å². The molecule has 0 N–H and O–H groups in total. The predicted molar refractivity (Wildman–Crippen MR) is 57.6 cm³/mol. The van der Waals surface area contributed by atoms with Crippen LogP contribution in [-0.2, 0) is 0 Å². The van der Waals surface area contributed by atoms with E-state index in [1.54, 1.807) is 6.07 Å². The minimum absolute atomic E-state index is 0.213. The maximum Gasteiger partial charge on any atom is 0.673 e. The first-order valence-corrected chi connectivity index (χ1v) is 4.96. The van der Waals surface area contributed by atoms with Gasteiger partial charge in [-0.25, -0.2) is 0 Å². The van der Waals surface area contributed by atoms with Crippen molar-refractivity contribution >= 4 is 24.7 Å². The molecule has 0 heterocycles. The molecule has 0 bridgehead atoms. The molecule has 0 radical (unpaired) electrons. The Morgan fingerprint density at radius 3 is 2.11 bits per heavy atom. The number of halogens is 4. The van der Waals surface area contributed by atoms with Gasteiger partial charge in [0, 0.05) is 11.0 Å². The zero-order chi connectivity index (χ0) is 14.2. The van der Waals surface area contributed by atoms with E-state index in [4.69, 9.17) is 15.9 Å². The molecular weight excluding hydrogens is 271 g/mol. The van der Waals surface area contributed by atoms with Crippen molar-refractivity contribution in [1.29, 1.82) is 15.9 Å². The van der Waals surface area contributed by atoms with E-state index in [2.05, 4.69) is 4.98 Å². The second kappa shape index (κ2) is 7.15. The summed E-state index contributed by atoms with van der Waals surface area (Å²) in [4.78, 5) is 3.59. The van der Waals surface area contributed by atoms with Crippen LogP contribution in [0.15, 0.2) is 23.1 Å². The quantitative estimate of drug-likeness (QED) is 0.256. The lowest BCUT2D eigenvalue weighted by molar-refractivity contribution is 0.368. The molecule has 92 valence electrons. The lowest BCUT2D eigenvalue weighted by Gasteiger charge is -1.94. The Morgan fingerprint density at radius 2 is 1.72 bits per heavy atom.